The molecule has 2 fully saturated rings. The van der Waals surface area contributed by atoms with Crippen LogP contribution in [0.4, 0.5) is 0 Å². The van der Waals surface area contributed by atoms with Crippen LogP contribution in [0.2, 0.25) is 0 Å². The number of hydrogen-bond acceptors (Lipinski definition) is 4. The molecule has 1 heterocycles. The number of carboxylic acid groups (broad SMARTS) is 1. The maximum Gasteiger partial charge on any atom is 0.303 e. The van der Waals surface area contributed by atoms with Gasteiger partial charge in [0.1, 0.15) is 0 Å². The number of hydrogen-bond donors (Lipinski definition) is 1. The molecule has 0 spiro atoms. The van der Waals surface area contributed by atoms with Crippen molar-refractivity contribution in [3.05, 3.63) is 0 Å². The van der Waals surface area contributed by atoms with Gasteiger partial charge in [-0.1, -0.05) is 12.8 Å². The molecule has 132 valence electrons. The second kappa shape index (κ2) is 8.13. The van der Waals surface area contributed by atoms with Gasteiger partial charge in [0.05, 0.1) is 11.0 Å². The lowest BCUT2D eigenvalue weighted by Crippen LogP contribution is -2.44. The van der Waals surface area contributed by atoms with Crippen molar-refractivity contribution in [2.75, 3.05) is 12.3 Å². The van der Waals surface area contributed by atoms with E-state index in [0.717, 1.165) is 44.9 Å². The van der Waals surface area contributed by atoms with Gasteiger partial charge in [-0.3, -0.25) is 9.59 Å². The first-order valence-electron chi connectivity index (χ1n) is 8.63. The number of carboxylic acids is 1. The number of nitrogens with zero attached hydrogens (tertiary/aromatic N) is 1. The van der Waals surface area contributed by atoms with Crippen molar-refractivity contribution in [2.45, 2.75) is 75.5 Å². The zero-order valence-corrected chi connectivity index (χ0v) is 14.4. The Balaban J connectivity index is 1.88. The number of likely N-dealkylation sites (tertiary alicyclic amines) is 1. The van der Waals surface area contributed by atoms with Crippen LogP contribution in [0, 0.1) is 0 Å². The van der Waals surface area contributed by atoms with Gasteiger partial charge in [-0.15, -0.1) is 0 Å². The van der Waals surface area contributed by atoms with Crippen LogP contribution in [0.5, 0.6) is 0 Å². The SMILES string of the molecule is O=C(O)CCC1CCCCN1C(=O)CCS(=O)(=O)C1CCCC1. The van der Waals surface area contributed by atoms with Crippen LogP contribution in [0.3, 0.4) is 0 Å². The van der Waals surface area contributed by atoms with Gasteiger partial charge in [0, 0.05) is 25.4 Å². The van der Waals surface area contributed by atoms with Crippen molar-refractivity contribution in [3.63, 3.8) is 0 Å². The van der Waals surface area contributed by atoms with E-state index in [4.69, 9.17) is 5.11 Å². The molecular formula is C16H27NO5S. The summed E-state index contributed by atoms with van der Waals surface area (Å²) in [4.78, 5) is 24.9. The molecule has 0 bridgehead atoms. The smallest absolute Gasteiger partial charge is 0.303 e. The number of aliphatic carboxylic acids is 1. The van der Waals surface area contributed by atoms with E-state index in [9.17, 15) is 18.0 Å². The van der Waals surface area contributed by atoms with Crippen LogP contribution >= 0.6 is 0 Å². The van der Waals surface area contributed by atoms with E-state index >= 15 is 0 Å². The Morgan fingerprint density at radius 2 is 1.65 bits per heavy atom. The fraction of sp³-hybridized carbons (Fsp3) is 0.875. The van der Waals surface area contributed by atoms with Gasteiger partial charge in [0.2, 0.25) is 5.91 Å². The van der Waals surface area contributed by atoms with Gasteiger partial charge < -0.3 is 10.0 Å². The maximum atomic E-state index is 12.4. The first kappa shape index (κ1) is 18.2. The molecule has 0 radical (unpaired) electrons. The fourth-order valence-corrected chi connectivity index (χ4v) is 5.55. The zero-order valence-electron chi connectivity index (χ0n) is 13.6. The van der Waals surface area contributed by atoms with Crippen LogP contribution in [0.25, 0.3) is 0 Å². The van der Waals surface area contributed by atoms with E-state index in [1.54, 1.807) is 4.90 Å². The van der Waals surface area contributed by atoms with E-state index < -0.39 is 15.8 Å². The number of amides is 1. The third kappa shape index (κ3) is 5.19. The molecule has 1 aliphatic carbocycles. The van der Waals surface area contributed by atoms with E-state index in [2.05, 4.69) is 0 Å². The van der Waals surface area contributed by atoms with Crippen molar-refractivity contribution < 1.29 is 23.1 Å². The summed E-state index contributed by atoms with van der Waals surface area (Å²) >= 11 is 0. The van der Waals surface area contributed by atoms with Crippen LogP contribution in [0.15, 0.2) is 0 Å². The summed E-state index contributed by atoms with van der Waals surface area (Å²) in [7, 11) is -3.18. The molecule has 0 aromatic rings. The van der Waals surface area contributed by atoms with Crippen LogP contribution < -0.4 is 0 Å². The second-order valence-electron chi connectivity index (χ2n) is 6.69. The summed E-state index contributed by atoms with van der Waals surface area (Å²) in [6.07, 6.45) is 6.62. The predicted octanol–water partition coefficient (Wildman–Crippen LogP) is 1.98. The van der Waals surface area contributed by atoms with Crippen molar-refractivity contribution in [2.24, 2.45) is 0 Å². The van der Waals surface area contributed by atoms with Gasteiger partial charge in [-0.2, -0.15) is 0 Å². The second-order valence-corrected chi connectivity index (χ2v) is 9.09. The highest BCUT2D eigenvalue weighted by Crippen LogP contribution is 2.26. The summed E-state index contributed by atoms with van der Waals surface area (Å²) in [5, 5.41) is 8.55. The molecule has 1 amide bonds. The number of piperidine rings is 1. The average molecular weight is 345 g/mol. The van der Waals surface area contributed by atoms with Gasteiger partial charge in [-0.25, -0.2) is 8.42 Å². The quantitative estimate of drug-likeness (QED) is 0.762. The van der Waals surface area contributed by atoms with E-state index in [1.807, 2.05) is 0 Å². The number of rotatable bonds is 7. The summed E-state index contributed by atoms with van der Waals surface area (Å²) in [5.41, 5.74) is 0. The molecule has 1 saturated carbocycles. The Morgan fingerprint density at radius 3 is 2.30 bits per heavy atom. The predicted molar refractivity (Wildman–Crippen MR) is 86.9 cm³/mol. The molecule has 7 heteroatoms. The Hall–Kier alpha value is -1.11. The van der Waals surface area contributed by atoms with Crippen LogP contribution in [0.1, 0.15) is 64.2 Å². The van der Waals surface area contributed by atoms with E-state index in [0.29, 0.717) is 13.0 Å². The molecule has 0 aromatic heterocycles. The van der Waals surface area contributed by atoms with Gasteiger partial charge in [0.15, 0.2) is 9.84 Å². The third-order valence-corrected chi connectivity index (χ3v) is 7.31. The minimum Gasteiger partial charge on any atom is -0.481 e. The van der Waals surface area contributed by atoms with Gasteiger partial charge in [0.25, 0.3) is 0 Å². The molecule has 0 aromatic carbocycles. The first-order valence-corrected chi connectivity index (χ1v) is 10.3. The molecule has 1 aliphatic heterocycles. The van der Waals surface area contributed by atoms with Crippen LogP contribution in [-0.2, 0) is 19.4 Å². The maximum absolute atomic E-state index is 12.4. The zero-order chi connectivity index (χ0) is 16.9. The molecular weight excluding hydrogens is 318 g/mol. The summed E-state index contributed by atoms with van der Waals surface area (Å²) in [5.74, 6) is -1.06. The van der Waals surface area contributed by atoms with E-state index in [-0.39, 0.29) is 35.8 Å². The molecule has 2 rings (SSSR count). The van der Waals surface area contributed by atoms with Crippen molar-refractivity contribution >= 4 is 21.7 Å². The minimum atomic E-state index is -3.18. The van der Waals surface area contributed by atoms with Crippen molar-refractivity contribution in [3.8, 4) is 0 Å². The fourth-order valence-electron chi connectivity index (χ4n) is 3.71. The molecule has 23 heavy (non-hydrogen) atoms. The summed E-state index contributed by atoms with van der Waals surface area (Å²) < 4.78 is 24.5. The standard InChI is InChI=1S/C16H27NO5S/c18-15(10-12-23(21,22)14-6-1-2-7-14)17-11-4-3-5-13(17)8-9-16(19)20/h13-14H,1-12H2,(H,19,20). The van der Waals surface area contributed by atoms with Crippen LogP contribution in [-0.4, -0.2) is 53.9 Å². The summed E-state index contributed by atoms with van der Waals surface area (Å²) in [6.45, 7) is 0.618. The summed E-state index contributed by atoms with van der Waals surface area (Å²) in [6, 6.07) is -0.0541. The highest BCUT2D eigenvalue weighted by atomic mass is 32.2. The minimum absolute atomic E-state index is 0.0302. The molecule has 1 saturated heterocycles. The number of sulfone groups is 1. The Labute approximate surface area is 138 Å². The van der Waals surface area contributed by atoms with E-state index in [1.165, 1.54) is 0 Å². The third-order valence-electron chi connectivity index (χ3n) is 5.05. The topological polar surface area (TPSA) is 91.8 Å². The largest absolute Gasteiger partial charge is 0.481 e. The number of carbonyl (C=O) groups excluding carboxylic acids is 1. The lowest BCUT2D eigenvalue weighted by Gasteiger charge is -2.35. The number of carbonyl (C=O) groups is 2. The highest BCUT2D eigenvalue weighted by molar-refractivity contribution is 7.92. The molecule has 2 aliphatic rings. The monoisotopic (exact) mass is 345 g/mol. The molecule has 1 unspecified atom stereocenters. The Bertz CT molecular complexity index is 525. The highest BCUT2D eigenvalue weighted by Gasteiger charge is 2.31. The normalized spacial score (nSPS) is 23.1. The van der Waals surface area contributed by atoms with Crippen molar-refractivity contribution in [1.29, 1.82) is 0 Å². The van der Waals surface area contributed by atoms with Gasteiger partial charge >= 0.3 is 5.97 Å². The molecule has 1 atom stereocenters. The molecule has 1 N–H and O–H groups in total. The Morgan fingerprint density at radius 1 is 1.00 bits per heavy atom. The lowest BCUT2D eigenvalue weighted by molar-refractivity contribution is -0.140. The Kier molecular flexibility index (Phi) is 6.44. The first-order chi connectivity index (χ1) is 10.9. The average Bonchev–Trinajstić information content (AvgIpc) is 3.06. The molecule has 6 nitrogen and oxygen atoms in total. The van der Waals surface area contributed by atoms with Crippen molar-refractivity contribution in [1.82, 2.24) is 4.90 Å². The van der Waals surface area contributed by atoms with Gasteiger partial charge in [-0.05, 0) is 38.5 Å². The lowest BCUT2D eigenvalue weighted by atomic mass is 9.97.